The lowest BCUT2D eigenvalue weighted by Crippen LogP contribution is -2.09. The van der Waals surface area contributed by atoms with Crippen molar-refractivity contribution < 1.29 is 13.5 Å². The van der Waals surface area contributed by atoms with Gasteiger partial charge in [-0.2, -0.15) is 0 Å². The van der Waals surface area contributed by atoms with Crippen molar-refractivity contribution in [3.05, 3.63) is 24.3 Å². The third-order valence-electron chi connectivity index (χ3n) is 1.14. The first-order chi connectivity index (χ1) is 5.47. The normalized spacial score (nSPS) is 11.1. The summed E-state index contributed by atoms with van der Waals surface area (Å²) in [6, 6.07) is 5.59. The molecule has 1 N–H and O–H groups in total. The molecule has 0 saturated carbocycles. The van der Waals surface area contributed by atoms with Crippen molar-refractivity contribution in [3.63, 3.8) is 0 Å². The minimum atomic E-state index is -3.28. The lowest BCUT2D eigenvalue weighted by Gasteiger charge is -2.08. The van der Waals surface area contributed by atoms with Gasteiger partial charge in [-0.05, 0) is 12.1 Å². The molecular weight excluding hydrogens is 178 g/mol. The van der Waals surface area contributed by atoms with Crippen LogP contribution in [0.2, 0.25) is 0 Å². The van der Waals surface area contributed by atoms with Crippen LogP contribution in [0.4, 0.5) is 5.69 Å². The lowest BCUT2D eigenvalue weighted by atomic mass is 10.3. The number of rotatable bonds is 2. The number of sulfonamides is 1. The summed E-state index contributed by atoms with van der Waals surface area (Å²) in [6.45, 7) is 0. The summed E-state index contributed by atoms with van der Waals surface area (Å²) in [5.74, 6) is -0.219. The number of hydrogen-bond donors (Lipinski definition) is 1. The molecule has 1 aromatic carbocycles. The zero-order valence-corrected chi connectivity index (χ0v) is 7.26. The van der Waals surface area contributed by atoms with Crippen LogP contribution in [0.5, 0.6) is 5.75 Å². The molecule has 0 aliphatic heterocycles. The molecule has 0 aliphatic rings. The Labute approximate surface area is 70.9 Å². The summed E-state index contributed by atoms with van der Waals surface area (Å²) >= 11 is 0. The fourth-order valence-electron chi connectivity index (χ4n) is 0.774. The molecule has 0 amide bonds. The Kier molecular flexibility index (Phi) is 2.23. The van der Waals surface area contributed by atoms with Gasteiger partial charge in [0.05, 0.1) is 6.26 Å². The fraction of sp³-hybridized carbons (Fsp3) is 0.143. The largest absolute Gasteiger partial charge is 0.872 e. The standard InChI is InChI=1S/C7H9NO3S/c1-12(10,11)8-6-3-2-4-7(9)5-6/h2-5,8-9H,1H3/p-1. The summed E-state index contributed by atoms with van der Waals surface area (Å²) in [5.41, 5.74) is 0.296. The quantitative estimate of drug-likeness (QED) is 0.713. The second-order valence-electron chi connectivity index (χ2n) is 2.40. The summed E-state index contributed by atoms with van der Waals surface area (Å²) in [6.07, 6.45) is 1.03. The molecule has 0 spiro atoms. The van der Waals surface area contributed by atoms with Crippen molar-refractivity contribution >= 4 is 15.7 Å². The smallest absolute Gasteiger partial charge is 0.229 e. The molecule has 0 bridgehead atoms. The van der Waals surface area contributed by atoms with Crippen LogP contribution in [0.3, 0.4) is 0 Å². The van der Waals surface area contributed by atoms with Gasteiger partial charge in [0.15, 0.2) is 0 Å². The van der Waals surface area contributed by atoms with E-state index in [2.05, 4.69) is 4.72 Å². The first-order valence-corrected chi connectivity index (χ1v) is 5.11. The van der Waals surface area contributed by atoms with Crippen molar-refractivity contribution in [2.75, 3.05) is 11.0 Å². The minimum Gasteiger partial charge on any atom is -0.872 e. The zero-order chi connectivity index (χ0) is 9.19. The summed E-state index contributed by atoms with van der Waals surface area (Å²) < 4.78 is 23.6. The number of nitrogens with one attached hydrogen (secondary N) is 1. The minimum absolute atomic E-state index is 0.219. The highest BCUT2D eigenvalue weighted by molar-refractivity contribution is 7.92. The van der Waals surface area contributed by atoms with E-state index in [1.165, 1.54) is 24.3 Å². The van der Waals surface area contributed by atoms with Crippen molar-refractivity contribution in [3.8, 4) is 5.75 Å². The van der Waals surface area contributed by atoms with Crippen LogP contribution in [-0.2, 0) is 10.0 Å². The highest BCUT2D eigenvalue weighted by atomic mass is 32.2. The Morgan fingerprint density at radius 3 is 2.58 bits per heavy atom. The van der Waals surface area contributed by atoms with E-state index in [-0.39, 0.29) is 5.75 Å². The van der Waals surface area contributed by atoms with E-state index in [1.54, 1.807) is 0 Å². The second-order valence-corrected chi connectivity index (χ2v) is 4.15. The van der Waals surface area contributed by atoms with Gasteiger partial charge in [-0.3, -0.25) is 4.72 Å². The number of hydrogen-bond acceptors (Lipinski definition) is 3. The Bertz CT molecular complexity index is 372. The lowest BCUT2D eigenvalue weighted by molar-refractivity contribution is -0.268. The second kappa shape index (κ2) is 3.02. The molecule has 0 heterocycles. The molecule has 1 aromatic rings. The Hall–Kier alpha value is -1.23. The SMILES string of the molecule is CS(=O)(=O)Nc1cccc([O-])c1. The molecular formula is C7H8NO3S-. The molecule has 0 fully saturated rings. The van der Waals surface area contributed by atoms with Gasteiger partial charge in [-0.1, -0.05) is 12.1 Å². The van der Waals surface area contributed by atoms with E-state index < -0.39 is 10.0 Å². The van der Waals surface area contributed by atoms with Crippen molar-refractivity contribution in [1.29, 1.82) is 0 Å². The molecule has 0 aromatic heterocycles. The van der Waals surface area contributed by atoms with Crippen LogP contribution in [0.1, 0.15) is 0 Å². The van der Waals surface area contributed by atoms with E-state index in [1.807, 2.05) is 0 Å². The Morgan fingerprint density at radius 2 is 2.08 bits per heavy atom. The van der Waals surface area contributed by atoms with Gasteiger partial charge in [0, 0.05) is 5.69 Å². The zero-order valence-electron chi connectivity index (χ0n) is 6.44. The van der Waals surface area contributed by atoms with Crippen molar-refractivity contribution in [1.82, 2.24) is 0 Å². The molecule has 0 unspecified atom stereocenters. The van der Waals surface area contributed by atoms with Crippen LogP contribution >= 0.6 is 0 Å². The maximum Gasteiger partial charge on any atom is 0.229 e. The highest BCUT2D eigenvalue weighted by Gasteiger charge is 1.99. The summed E-state index contributed by atoms with van der Waals surface area (Å²) in [4.78, 5) is 0. The van der Waals surface area contributed by atoms with Gasteiger partial charge in [0.1, 0.15) is 0 Å². The van der Waals surface area contributed by atoms with Crippen LogP contribution < -0.4 is 9.83 Å². The fourth-order valence-corrected chi connectivity index (χ4v) is 1.33. The van der Waals surface area contributed by atoms with Gasteiger partial charge in [-0.25, -0.2) is 8.42 Å². The van der Waals surface area contributed by atoms with Gasteiger partial charge < -0.3 is 5.11 Å². The van der Waals surface area contributed by atoms with Crippen LogP contribution in [-0.4, -0.2) is 14.7 Å². The van der Waals surface area contributed by atoms with E-state index in [9.17, 15) is 13.5 Å². The molecule has 4 nitrogen and oxygen atoms in total. The molecule has 5 heteroatoms. The summed E-state index contributed by atoms with van der Waals surface area (Å²) in [7, 11) is -3.28. The average molecular weight is 186 g/mol. The first kappa shape index (κ1) is 8.86. The molecule has 12 heavy (non-hydrogen) atoms. The number of anilines is 1. The van der Waals surface area contributed by atoms with Gasteiger partial charge >= 0.3 is 0 Å². The first-order valence-electron chi connectivity index (χ1n) is 3.22. The van der Waals surface area contributed by atoms with Crippen LogP contribution in [0.25, 0.3) is 0 Å². The monoisotopic (exact) mass is 186 g/mol. The predicted octanol–water partition coefficient (Wildman–Crippen LogP) is 0.132. The van der Waals surface area contributed by atoms with E-state index >= 15 is 0 Å². The molecule has 66 valence electrons. The predicted molar refractivity (Wildman–Crippen MR) is 44.4 cm³/mol. The topological polar surface area (TPSA) is 69.2 Å². The van der Waals surface area contributed by atoms with Crippen molar-refractivity contribution in [2.24, 2.45) is 0 Å². The van der Waals surface area contributed by atoms with E-state index in [0.717, 1.165) is 6.26 Å². The van der Waals surface area contributed by atoms with Gasteiger partial charge in [0.2, 0.25) is 10.0 Å². The Morgan fingerprint density at radius 1 is 1.42 bits per heavy atom. The average Bonchev–Trinajstić information content (AvgIpc) is 1.82. The van der Waals surface area contributed by atoms with Crippen LogP contribution in [0.15, 0.2) is 24.3 Å². The molecule has 0 aliphatic carbocycles. The van der Waals surface area contributed by atoms with E-state index in [0.29, 0.717) is 5.69 Å². The maximum absolute atomic E-state index is 10.7. The third-order valence-corrected chi connectivity index (χ3v) is 1.74. The highest BCUT2D eigenvalue weighted by Crippen LogP contribution is 2.13. The summed E-state index contributed by atoms with van der Waals surface area (Å²) in [5, 5.41) is 10.7. The molecule has 0 radical (unpaired) electrons. The molecule has 0 atom stereocenters. The van der Waals surface area contributed by atoms with Crippen molar-refractivity contribution in [2.45, 2.75) is 0 Å². The maximum atomic E-state index is 10.7. The Balaban J connectivity index is 2.91. The molecule has 0 saturated heterocycles. The van der Waals surface area contributed by atoms with Crippen LogP contribution in [0, 0.1) is 0 Å². The van der Waals surface area contributed by atoms with Gasteiger partial charge in [0.25, 0.3) is 0 Å². The molecule has 1 rings (SSSR count). The van der Waals surface area contributed by atoms with Gasteiger partial charge in [-0.15, -0.1) is 5.75 Å². The number of benzene rings is 1. The third kappa shape index (κ3) is 2.79. The van der Waals surface area contributed by atoms with E-state index in [4.69, 9.17) is 0 Å².